The average Bonchev–Trinajstić information content (AvgIpc) is 2.90. The molecule has 2 N–H and O–H groups in total. The molecule has 18 heavy (non-hydrogen) atoms. The molecule has 2 rings (SSSR count). The lowest BCUT2D eigenvalue weighted by Crippen LogP contribution is -2.38. The lowest BCUT2D eigenvalue weighted by atomic mass is 10.2. The number of rotatable bonds is 6. The average molecular weight is 250 g/mol. The van der Waals surface area contributed by atoms with Crippen LogP contribution < -0.4 is 15.4 Å². The molecule has 0 aromatic carbocycles. The second-order valence-corrected chi connectivity index (χ2v) is 4.57. The van der Waals surface area contributed by atoms with Gasteiger partial charge in [-0.1, -0.05) is 12.8 Å². The molecule has 5 heteroatoms. The van der Waals surface area contributed by atoms with Crippen molar-refractivity contribution in [2.45, 2.75) is 38.6 Å². The zero-order valence-electron chi connectivity index (χ0n) is 11.0. The van der Waals surface area contributed by atoms with Gasteiger partial charge in [0.05, 0.1) is 19.0 Å². The number of aromatic nitrogens is 2. The zero-order valence-corrected chi connectivity index (χ0v) is 11.0. The smallest absolute Gasteiger partial charge is 0.234 e. The predicted octanol–water partition coefficient (Wildman–Crippen LogP) is 1.58. The molecule has 1 aromatic rings. The van der Waals surface area contributed by atoms with E-state index in [1.807, 2.05) is 6.92 Å². The Morgan fingerprint density at radius 1 is 1.39 bits per heavy atom. The molecule has 1 aromatic heterocycles. The minimum Gasteiger partial charge on any atom is -0.477 e. The third-order valence-electron chi connectivity index (χ3n) is 3.32. The molecule has 0 atom stereocenters. The molecule has 0 unspecified atom stereocenters. The topological polar surface area (TPSA) is 64.3 Å². The van der Waals surface area contributed by atoms with Crippen molar-refractivity contribution < 1.29 is 4.74 Å². The summed E-state index contributed by atoms with van der Waals surface area (Å²) in [6.07, 6.45) is 8.49. The Balaban J connectivity index is 2.15. The van der Waals surface area contributed by atoms with Crippen molar-refractivity contribution >= 4 is 5.82 Å². The fraction of sp³-hybridized carbons (Fsp3) is 0.692. The van der Waals surface area contributed by atoms with Gasteiger partial charge in [0.25, 0.3) is 0 Å². The van der Waals surface area contributed by atoms with Crippen LogP contribution in [0.4, 0.5) is 5.82 Å². The van der Waals surface area contributed by atoms with E-state index in [1.54, 1.807) is 12.4 Å². The number of anilines is 1. The number of nitrogens with zero attached hydrogens (tertiary/aromatic N) is 3. The second-order valence-electron chi connectivity index (χ2n) is 4.57. The maximum atomic E-state index is 5.71. The lowest BCUT2D eigenvalue weighted by Gasteiger charge is -2.29. The fourth-order valence-corrected chi connectivity index (χ4v) is 2.53. The molecule has 5 nitrogen and oxygen atoms in total. The van der Waals surface area contributed by atoms with Crippen LogP contribution in [0.1, 0.15) is 32.6 Å². The van der Waals surface area contributed by atoms with Crippen LogP contribution in [0.3, 0.4) is 0 Å². The Labute approximate surface area is 108 Å². The first-order valence-corrected chi connectivity index (χ1v) is 6.76. The van der Waals surface area contributed by atoms with E-state index >= 15 is 0 Å². The second kappa shape index (κ2) is 6.54. The molecule has 0 saturated heterocycles. The Bertz CT molecular complexity index is 366. The highest BCUT2D eigenvalue weighted by atomic mass is 16.5. The fourth-order valence-electron chi connectivity index (χ4n) is 2.53. The maximum Gasteiger partial charge on any atom is 0.234 e. The van der Waals surface area contributed by atoms with Gasteiger partial charge in [-0.15, -0.1) is 0 Å². The Kier molecular flexibility index (Phi) is 4.75. The van der Waals surface area contributed by atoms with E-state index in [0.717, 1.165) is 12.4 Å². The molecule has 1 saturated carbocycles. The number of hydrogen-bond acceptors (Lipinski definition) is 5. The molecule has 1 aliphatic carbocycles. The van der Waals surface area contributed by atoms with Crippen molar-refractivity contribution in [3.63, 3.8) is 0 Å². The highest BCUT2D eigenvalue weighted by Gasteiger charge is 2.23. The van der Waals surface area contributed by atoms with E-state index in [2.05, 4.69) is 14.9 Å². The molecular formula is C13H22N4O. The molecule has 1 fully saturated rings. The van der Waals surface area contributed by atoms with Crippen molar-refractivity contribution in [3.05, 3.63) is 12.4 Å². The van der Waals surface area contributed by atoms with E-state index in [4.69, 9.17) is 10.5 Å². The minimum absolute atomic E-state index is 0.555. The summed E-state index contributed by atoms with van der Waals surface area (Å²) in [7, 11) is 0. The Hall–Kier alpha value is -1.36. The zero-order chi connectivity index (χ0) is 12.8. The van der Waals surface area contributed by atoms with Crippen LogP contribution in [0, 0.1) is 0 Å². The van der Waals surface area contributed by atoms with Crippen LogP contribution >= 0.6 is 0 Å². The van der Waals surface area contributed by atoms with Crippen molar-refractivity contribution in [3.8, 4) is 5.88 Å². The third-order valence-corrected chi connectivity index (χ3v) is 3.32. The normalized spacial score (nSPS) is 15.9. The Morgan fingerprint density at radius 3 is 2.83 bits per heavy atom. The van der Waals surface area contributed by atoms with Crippen LogP contribution in [-0.4, -0.2) is 35.7 Å². The quantitative estimate of drug-likeness (QED) is 0.830. The molecule has 0 bridgehead atoms. The van der Waals surface area contributed by atoms with Gasteiger partial charge in [0.2, 0.25) is 5.88 Å². The summed E-state index contributed by atoms with van der Waals surface area (Å²) in [5.41, 5.74) is 5.71. The van der Waals surface area contributed by atoms with Gasteiger partial charge in [0.1, 0.15) is 0 Å². The molecular weight excluding hydrogens is 228 g/mol. The summed E-state index contributed by atoms with van der Waals surface area (Å²) < 4.78 is 5.41. The lowest BCUT2D eigenvalue weighted by molar-refractivity contribution is 0.325. The molecule has 0 radical (unpaired) electrons. The van der Waals surface area contributed by atoms with E-state index in [9.17, 15) is 0 Å². The minimum atomic E-state index is 0.555. The summed E-state index contributed by atoms with van der Waals surface area (Å²) in [6, 6.07) is 0.555. The highest BCUT2D eigenvalue weighted by molar-refractivity contribution is 5.39. The standard InChI is InChI=1S/C13H22N4O/c1-2-18-13-10-15-9-12(16-13)17(8-7-14)11-5-3-4-6-11/h9-11H,2-8,14H2,1H3. The molecule has 0 aliphatic heterocycles. The predicted molar refractivity (Wildman–Crippen MR) is 71.9 cm³/mol. The summed E-state index contributed by atoms with van der Waals surface area (Å²) >= 11 is 0. The van der Waals surface area contributed by atoms with Crippen molar-refractivity contribution in [1.82, 2.24) is 9.97 Å². The Morgan fingerprint density at radius 2 is 2.17 bits per heavy atom. The van der Waals surface area contributed by atoms with Gasteiger partial charge < -0.3 is 15.4 Å². The number of ether oxygens (including phenoxy) is 1. The van der Waals surface area contributed by atoms with Crippen molar-refractivity contribution in [2.24, 2.45) is 5.73 Å². The van der Waals surface area contributed by atoms with Crippen molar-refractivity contribution in [1.29, 1.82) is 0 Å². The van der Waals surface area contributed by atoms with Gasteiger partial charge in [-0.05, 0) is 19.8 Å². The molecule has 0 spiro atoms. The monoisotopic (exact) mass is 250 g/mol. The maximum absolute atomic E-state index is 5.71. The molecule has 0 amide bonds. The van der Waals surface area contributed by atoms with Gasteiger partial charge in [0.15, 0.2) is 5.82 Å². The number of hydrogen-bond donors (Lipinski definition) is 1. The first kappa shape index (κ1) is 13.1. The van der Waals surface area contributed by atoms with Gasteiger partial charge >= 0.3 is 0 Å². The van der Waals surface area contributed by atoms with E-state index < -0.39 is 0 Å². The molecule has 1 aliphatic rings. The summed E-state index contributed by atoms with van der Waals surface area (Å²) in [4.78, 5) is 11.0. The van der Waals surface area contributed by atoms with Crippen molar-refractivity contribution in [2.75, 3.05) is 24.6 Å². The first-order chi connectivity index (χ1) is 8.85. The van der Waals surface area contributed by atoms with E-state index in [-0.39, 0.29) is 0 Å². The highest BCUT2D eigenvalue weighted by Crippen LogP contribution is 2.27. The van der Waals surface area contributed by atoms with E-state index in [1.165, 1.54) is 25.7 Å². The van der Waals surface area contributed by atoms with Crippen LogP contribution in [0.15, 0.2) is 12.4 Å². The summed E-state index contributed by atoms with van der Waals surface area (Å²) in [5, 5.41) is 0. The van der Waals surface area contributed by atoms with Gasteiger partial charge in [-0.2, -0.15) is 4.98 Å². The van der Waals surface area contributed by atoms with Crippen LogP contribution in [0.25, 0.3) is 0 Å². The largest absolute Gasteiger partial charge is 0.477 e. The SMILES string of the molecule is CCOc1cncc(N(CCN)C2CCCC2)n1. The summed E-state index contributed by atoms with van der Waals surface area (Å²) in [6.45, 7) is 4.02. The van der Waals surface area contributed by atoms with Crippen LogP contribution in [0.2, 0.25) is 0 Å². The summed E-state index contributed by atoms with van der Waals surface area (Å²) in [5.74, 6) is 1.48. The van der Waals surface area contributed by atoms with Crippen LogP contribution in [-0.2, 0) is 0 Å². The molecule has 1 heterocycles. The van der Waals surface area contributed by atoms with Gasteiger partial charge in [0, 0.05) is 19.1 Å². The third kappa shape index (κ3) is 3.10. The van der Waals surface area contributed by atoms with Crippen LogP contribution in [0.5, 0.6) is 5.88 Å². The molecule has 100 valence electrons. The van der Waals surface area contributed by atoms with Gasteiger partial charge in [-0.25, -0.2) is 0 Å². The van der Waals surface area contributed by atoms with E-state index in [0.29, 0.717) is 25.1 Å². The first-order valence-electron chi connectivity index (χ1n) is 6.76. The number of nitrogens with two attached hydrogens (primary N) is 1. The van der Waals surface area contributed by atoms with Gasteiger partial charge in [-0.3, -0.25) is 4.98 Å².